The standard InChI is InChI=1S/C11H18BO2.Zn/c1-10(2)7-5-8(10)11(3)9(6-7)13-12(4)14-11;/h7-9H,4-6H2,1-3H3;/q-1;/t7?,8?,9?,11-;/m0./s1. The molecule has 1 heterocycles. The minimum atomic E-state index is -0.250. The zero-order chi connectivity index (χ0) is 10.1. The summed E-state index contributed by atoms with van der Waals surface area (Å²) in [6, 6.07) is 0. The van der Waals surface area contributed by atoms with Crippen LogP contribution in [0.4, 0.5) is 0 Å². The summed E-state index contributed by atoms with van der Waals surface area (Å²) in [6.07, 6.45) is 2.77. The van der Waals surface area contributed by atoms with Gasteiger partial charge in [-0.2, -0.15) is 0 Å². The van der Waals surface area contributed by atoms with Crippen LogP contribution in [0.5, 0.6) is 0 Å². The molecule has 0 radical (unpaired) electrons. The molecule has 15 heavy (non-hydrogen) atoms. The third-order valence-corrected chi connectivity index (χ3v) is 5.00. The fraction of sp³-hybridized carbons (Fsp3) is 0.909. The fourth-order valence-corrected chi connectivity index (χ4v) is 3.95. The predicted molar refractivity (Wildman–Crippen MR) is 55.5 cm³/mol. The summed E-state index contributed by atoms with van der Waals surface area (Å²) < 4.78 is 11.6. The second-order valence-corrected chi connectivity index (χ2v) is 5.90. The molecule has 4 aliphatic rings. The molecule has 1 saturated heterocycles. The first kappa shape index (κ1) is 12.1. The Bertz CT molecular complexity index is 284. The quantitative estimate of drug-likeness (QED) is 0.489. The molecule has 0 aromatic carbocycles. The van der Waals surface area contributed by atoms with Crippen LogP contribution in [0.25, 0.3) is 0 Å². The molecular weight excluding hydrogens is 240 g/mol. The van der Waals surface area contributed by atoms with Gasteiger partial charge in [0, 0.05) is 19.5 Å². The van der Waals surface area contributed by atoms with Crippen LogP contribution in [-0.2, 0) is 28.8 Å². The molecular formula is C11H18BO2Zn-. The van der Waals surface area contributed by atoms with Crippen molar-refractivity contribution in [3.8, 4) is 0 Å². The Balaban J connectivity index is 0.000000853. The zero-order valence-corrected chi connectivity index (χ0v) is 12.9. The van der Waals surface area contributed by atoms with Crippen molar-refractivity contribution < 1.29 is 28.8 Å². The Kier molecular flexibility index (Phi) is 2.66. The summed E-state index contributed by atoms with van der Waals surface area (Å²) in [7, 11) is -0.250. The molecule has 4 heteroatoms. The van der Waals surface area contributed by atoms with Gasteiger partial charge in [0.1, 0.15) is 0 Å². The smallest absolute Gasteiger partial charge is 0.273 e. The average molecular weight is 258 g/mol. The van der Waals surface area contributed by atoms with Gasteiger partial charge in [0.25, 0.3) is 7.12 Å². The monoisotopic (exact) mass is 257 g/mol. The van der Waals surface area contributed by atoms with Crippen LogP contribution in [0.2, 0.25) is 0 Å². The van der Waals surface area contributed by atoms with E-state index in [2.05, 4.69) is 27.6 Å². The predicted octanol–water partition coefficient (Wildman–Crippen LogP) is 2.09. The molecule has 3 saturated carbocycles. The van der Waals surface area contributed by atoms with Crippen LogP contribution < -0.4 is 0 Å². The molecule has 80 valence electrons. The van der Waals surface area contributed by atoms with E-state index in [4.69, 9.17) is 9.31 Å². The van der Waals surface area contributed by atoms with Crippen LogP contribution in [0, 0.1) is 24.1 Å². The molecule has 0 aromatic rings. The number of hydrogen-bond donors (Lipinski definition) is 0. The maximum Gasteiger partial charge on any atom is 0.273 e. The number of rotatable bonds is 0. The van der Waals surface area contributed by atoms with Crippen molar-refractivity contribution in [1.82, 2.24) is 0 Å². The Morgan fingerprint density at radius 2 is 1.93 bits per heavy atom. The summed E-state index contributed by atoms with van der Waals surface area (Å²) in [6.45, 7) is 10.8. The van der Waals surface area contributed by atoms with Crippen molar-refractivity contribution in [3.63, 3.8) is 0 Å². The van der Waals surface area contributed by atoms with Gasteiger partial charge >= 0.3 is 0 Å². The Labute approximate surface area is 105 Å². The van der Waals surface area contributed by atoms with Gasteiger partial charge in [-0.05, 0) is 37.0 Å². The molecule has 4 atom stereocenters. The van der Waals surface area contributed by atoms with E-state index in [0.717, 1.165) is 12.3 Å². The maximum atomic E-state index is 5.91. The van der Waals surface area contributed by atoms with Crippen molar-refractivity contribution in [2.24, 2.45) is 17.3 Å². The van der Waals surface area contributed by atoms with Crippen molar-refractivity contribution in [1.29, 1.82) is 0 Å². The topological polar surface area (TPSA) is 18.5 Å². The summed E-state index contributed by atoms with van der Waals surface area (Å²) >= 11 is 0. The summed E-state index contributed by atoms with van der Waals surface area (Å²) in [5.41, 5.74) is 0.378. The Hall–Kier alpha value is 0.608. The molecule has 4 rings (SSSR count). The van der Waals surface area contributed by atoms with Crippen LogP contribution in [-0.4, -0.2) is 18.8 Å². The van der Waals surface area contributed by atoms with E-state index in [-0.39, 0.29) is 32.2 Å². The van der Waals surface area contributed by atoms with Crippen molar-refractivity contribution in [2.75, 3.05) is 0 Å². The van der Waals surface area contributed by atoms with Crippen LogP contribution in [0.15, 0.2) is 0 Å². The molecule has 2 bridgehead atoms. The van der Waals surface area contributed by atoms with Gasteiger partial charge in [0.05, 0.1) is 11.7 Å². The molecule has 2 nitrogen and oxygen atoms in total. The molecule has 0 spiro atoms. The van der Waals surface area contributed by atoms with E-state index in [9.17, 15) is 0 Å². The third kappa shape index (κ3) is 1.34. The van der Waals surface area contributed by atoms with Crippen molar-refractivity contribution >= 4 is 7.12 Å². The van der Waals surface area contributed by atoms with Crippen molar-refractivity contribution in [3.05, 3.63) is 6.82 Å². The van der Waals surface area contributed by atoms with E-state index < -0.39 is 0 Å². The molecule has 1 aliphatic heterocycles. The van der Waals surface area contributed by atoms with Crippen LogP contribution >= 0.6 is 0 Å². The molecule has 0 aromatic heterocycles. The average Bonchev–Trinajstić information content (AvgIpc) is 2.37. The normalized spacial score (nSPS) is 50.4. The van der Waals surface area contributed by atoms with Crippen molar-refractivity contribution in [2.45, 2.75) is 45.3 Å². The van der Waals surface area contributed by atoms with Crippen LogP contribution in [0.1, 0.15) is 33.6 Å². The molecule has 0 amide bonds. The molecule has 3 aliphatic carbocycles. The number of hydrogen-bond acceptors (Lipinski definition) is 2. The first-order chi connectivity index (χ1) is 6.44. The van der Waals surface area contributed by atoms with Crippen LogP contribution in [0.3, 0.4) is 0 Å². The van der Waals surface area contributed by atoms with E-state index in [1.807, 2.05) is 0 Å². The third-order valence-electron chi connectivity index (χ3n) is 5.00. The zero-order valence-electron chi connectivity index (χ0n) is 9.95. The summed E-state index contributed by atoms with van der Waals surface area (Å²) in [5, 5.41) is 0. The minimum absolute atomic E-state index is 0. The second kappa shape index (κ2) is 3.31. The van der Waals surface area contributed by atoms with E-state index >= 15 is 0 Å². The summed E-state index contributed by atoms with van der Waals surface area (Å²) in [5.74, 6) is 1.49. The Morgan fingerprint density at radius 1 is 1.27 bits per heavy atom. The second-order valence-electron chi connectivity index (χ2n) is 5.90. The van der Waals surface area contributed by atoms with Gasteiger partial charge in [0.15, 0.2) is 0 Å². The molecule has 4 fully saturated rings. The molecule has 0 N–H and O–H groups in total. The summed E-state index contributed by atoms with van der Waals surface area (Å²) in [4.78, 5) is 0. The molecule has 3 unspecified atom stereocenters. The van der Waals surface area contributed by atoms with E-state index in [1.54, 1.807) is 0 Å². The van der Waals surface area contributed by atoms with Gasteiger partial charge in [-0.1, -0.05) is 13.8 Å². The Morgan fingerprint density at radius 3 is 2.53 bits per heavy atom. The van der Waals surface area contributed by atoms with E-state index in [1.165, 1.54) is 6.42 Å². The SMILES string of the molecule is [CH2-]B1OC2CC3CC(C3(C)C)[C@]2(C)O1.[Zn]. The van der Waals surface area contributed by atoms with Gasteiger partial charge < -0.3 is 16.1 Å². The van der Waals surface area contributed by atoms with Gasteiger partial charge in [-0.25, -0.2) is 0 Å². The van der Waals surface area contributed by atoms with Gasteiger partial charge in [-0.15, -0.1) is 0 Å². The minimum Gasteiger partial charge on any atom is -0.432 e. The first-order valence-electron chi connectivity index (χ1n) is 5.61. The van der Waals surface area contributed by atoms with Gasteiger partial charge in [-0.3, -0.25) is 0 Å². The maximum absolute atomic E-state index is 5.91. The van der Waals surface area contributed by atoms with E-state index in [0.29, 0.717) is 17.4 Å². The van der Waals surface area contributed by atoms with Gasteiger partial charge in [0.2, 0.25) is 0 Å². The largest absolute Gasteiger partial charge is 0.432 e. The first-order valence-corrected chi connectivity index (χ1v) is 5.61. The fourth-order valence-electron chi connectivity index (χ4n) is 3.95.